The number of aromatic nitrogens is 4. The molecule has 2 rings (SSSR count). The summed E-state index contributed by atoms with van der Waals surface area (Å²) >= 11 is 0. The minimum Gasteiger partial charge on any atom is -0.362 e. The third-order valence-electron chi connectivity index (χ3n) is 3.23. The lowest BCUT2D eigenvalue weighted by Gasteiger charge is -2.19. The van der Waals surface area contributed by atoms with Crippen LogP contribution in [0.25, 0.3) is 0 Å². The monoisotopic (exact) mass is 284 g/mol. The summed E-state index contributed by atoms with van der Waals surface area (Å²) in [6.45, 7) is 10.4. The van der Waals surface area contributed by atoms with E-state index in [1.807, 2.05) is 17.7 Å². The summed E-state index contributed by atoms with van der Waals surface area (Å²) in [5.41, 5.74) is 2.38. The second-order valence-electron chi connectivity index (χ2n) is 6.07. The van der Waals surface area contributed by atoms with Gasteiger partial charge in [0.05, 0.1) is 17.3 Å². The first-order valence-corrected chi connectivity index (χ1v) is 6.88. The van der Waals surface area contributed by atoms with Gasteiger partial charge in [-0.2, -0.15) is 10.4 Å². The summed E-state index contributed by atoms with van der Waals surface area (Å²) in [5.74, 6) is 0.643. The SMILES string of the molecule is Cc1nn(C(C)(C)C)cc1C(C)Nc1ccc(C#N)nn1. The lowest BCUT2D eigenvalue weighted by Crippen LogP contribution is -2.22. The smallest absolute Gasteiger partial charge is 0.163 e. The summed E-state index contributed by atoms with van der Waals surface area (Å²) in [5, 5.41) is 24.4. The van der Waals surface area contributed by atoms with Crippen LogP contribution in [0.15, 0.2) is 18.3 Å². The molecule has 0 fully saturated rings. The van der Waals surface area contributed by atoms with Crippen LogP contribution in [0.2, 0.25) is 0 Å². The normalized spacial score (nSPS) is 12.8. The Morgan fingerprint density at radius 2 is 2.00 bits per heavy atom. The molecule has 0 aliphatic rings. The molecule has 110 valence electrons. The van der Waals surface area contributed by atoms with Gasteiger partial charge in [-0.3, -0.25) is 4.68 Å². The van der Waals surface area contributed by atoms with E-state index in [0.29, 0.717) is 11.5 Å². The van der Waals surface area contributed by atoms with Gasteiger partial charge in [0.25, 0.3) is 0 Å². The number of rotatable bonds is 3. The van der Waals surface area contributed by atoms with Crippen molar-refractivity contribution in [3.8, 4) is 6.07 Å². The minimum atomic E-state index is -0.0447. The van der Waals surface area contributed by atoms with Crippen molar-refractivity contribution in [2.45, 2.75) is 46.2 Å². The van der Waals surface area contributed by atoms with E-state index in [4.69, 9.17) is 5.26 Å². The molecule has 0 saturated carbocycles. The van der Waals surface area contributed by atoms with E-state index in [9.17, 15) is 0 Å². The highest BCUT2D eigenvalue weighted by atomic mass is 15.3. The molecule has 0 aliphatic heterocycles. The second-order valence-corrected chi connectivity index (χ2v) is 6.07. The topological polar surface area (TPSA) is 79.4 Å². The zero-order valence-corrected chi connectivity index (χ0v) is 13.0. The number of hydrogen-bond acceptors (Lipinski definition) is 5. The first-order valence-electron chi connectivity index (χ1n) is 6.88. The van der Waals surface area contributed by atoms with Crippen LogP contribution in [-0.4, -0.2) is 20.0 Å². The van der Waals surface area contributed by atoms with Crippen molar-refractivity contribution >= 4 is 5.82 Å². The molecular weight excluding hydrogens is 264 g/mol. The second kappa shape index (κ2) is 5.52. The van der Waals surface area contributed by atoms with Crippen molar-refractivity contribution in [3.63, 3.8) is 0 Å². The molecular formula is C15H20N6. The fraction of sp³-hybridized carbons (Fsp3) is 0.467. The van der Waals surface area contributed by atoms with Crippen LogP contribution in [-0.2, 0) is 5.54 Å². The van der Waals surface area contributed by atoms with Gasteiger partial charge in [-0.25, -0.2) is 0 Å². The largest absolute Gasteiger partial charge is 0.362 e. The van der Waals surface area contributed by atoms with E-state index in [1.165, 1.54) is 0 Å². The zero-order chi connectivity index (χ0) is 15.6. The van der Waals surface area contributed by atoms with Crippen LogP contribution in [0, 0.1) is 18.3 Å². The van der Waals surface area contributed by atoms with Crippen molar-refractivity contribution in [1.29, 1.82) is 5.26 Å². The number of aryl methyl sites for hydroxylation is 1. The van der Waals surface area contributed by atoms with E-state index < -0.39 is 0 Å². The molecule has 2 heterocycles. The third kappa shape index (κ3) is 3.37. The Balaban J connectivity index is 2.18. The molecule has 0 aromatic carbocycles. The number of hydrogen-bond donors (Lipinski definition) is 1. The third-order valence-corrected chi connectivity index (χ3v) is 3.23. The maximum Gasteiger partial charge on any atom is 0.163 e. The van der Waals surface area contributed by atoms with Gasteiger partial charge < -0.3 is 5.32 Å². The number of nitrogens with one attached hydrogen (secondary N) is 1. The quantitative estimate of drug-likeness (QED) is 0.937. The first kappa shape index (κ1) is 15.0. The molecule has 1 N–H and O–H groups in total. The Morgan fingerprint density at radius 1 is 1.29 bits per heavy atom. The standard InChI is InChI=1S/C15H20N6/c1-10(17-14-7-6-12(8-16)18-19-14)13-9-21(15(3,4)5)20-11(13)2/h6-7,9-10H,1-5H3,(H,17,19). The maximum atomic E-state index is 8.72. The van der Waals surface area contributed by atoms with Crippen LogP contribution in [0.1, 0.15) is 50.7 Å². The Hall–Kier alpha value is -2.42. The highest BCUT2D eigenvalue weighted by molar-refractivity contribution is 5.39. The lowest BCUT2D eigenvalue weighted by molar-refractivity contribution is 0.354. The molecule has 0 saturated heterocycles. The van der Waals surface area contributed by atoms with Gasteiger partial charge in [0.2, 0.25) is 0 Å². The molecule has 0 bridgehead atoms. The van der Waals surface area contributed by atoms with Crippen molar-refractivity contribution < 1.29 is 0 Å². The van der Waals surface area contributed by atoms with E-state index in [0.717, 1.165) is 11.3 Å². The summed E-state index contributed by atoms with van der Waals surface area (Å²) in [7, 11) is 0. The van der Waals surface area contributed by atoms with Crippen molar-refractivity contribution in [2.75, 3.05) is 5.32 Å². The Labute approximate surface area is 124 Å². The van der Waals surface area contributed by atoms with Crippen LogP contribution in [0.5, 0.6) is 0 Å². The first-order chi connectivity index (χ1) is 9.81. The fourth-order valence-corrected chi connectivity index (χ4v) is 2.01. The Morgan fingerprint density at radius 3 is 2.48 bits per heavy atom. The van der Waals surface area contributed by atoms with E-state index in [1.54, 1.807) is 12.1 Å². The van der Waals surface area contributed by atoms with Gasteiger partial charge in [0, 0.05) is 11.8 Å². The Kier molecular flexibility index (Phi) is 3.94. The minimum absolute atomic E-state index is 0.0447. The van der Waals surface area contributed by atoms with Crippen molar-refractivity contribution in [1.82, 2.24) is 20.0 Å². The molecule has 1 unspecified atom stereocenters. The molecule has 2 aromatic rings. The summed E-state index contributed by atoms with van der Waals surface area (Å²) in [6, 6.07) is 5.41. The number of anilines is 1. The number of nitriles is 1. The van der Waals surface area contributed by atoms with E-state index in [-0.39, 0.29) is 11.6 Å². The van der Waals surface area contributed by atoms with Gasteiger partial charge >= 0.3 is 0 Å². The van der Waals surface area contributed by atoms with E-state index >= 15 is 0 Å². The van der Waals surface area contributed by atoms with Crippen molar-refractivity contribution in [2.24, 2.45) is 0 Å². The van der Waals surface area contributed by atoms with Crippen molar-refractivity contribution in [3.05, 3.63) is 35.3 Å². The average Bonchev–Trinajstić information content (AvgIpc) is 2.82. The van der Waals surface area contributed by atoms with Crippen LogP contribution in [0.4, 0.5) is 5.82 Å². The zero-order valence-electron chi connectivity index (χ0n) is 13.0. The number of nitrogens with zero attached hydrogens (tertiary/aromatic N) is 5. The van der Waals surface area contributed by atoms with Gasteiger partial charge in [-0.05, 0) is 46.8 Å². The predicted octanol–water partition coefficient (Wildman–Crippen LogP) is 2.78. The molecule has 21 heavy (non-hydrogen) atoms. The average molecular weight is 284 g/mol. The molecule has 6 nitrogen and oxygen atoms in total. The van der Waals surface area contributed by atoms with E-state index in [2.05, 4.69) is 54.5 Å². The maximum absolute atomic E-state index is 8.72. The fourth-order valence-electron chi connectivity index (χ4n) is 2.01. The molecule has 2 aromatic heterocycles. The lowest BCUT2D eigenvalue weighted by atomic mass is 10.1. The van der Waals surface area contributed by atoms with Crippen LogP contribution >= 0.6 is 0 Å². The van der Waals surface area contributed by atoms with Crippen LogP contribution in [0.3, 0.4) is 0 Å². The summed E-state index contributed by atoms with van der Waals surface area (Å²) in [6.07, 6.45) is 2.06. The van der Waals surface area contributed by atoms with Gasteiger partial charge in [0.15, 0.2) is 5.69 Å². The molecule has 0 spiro atoms. The van der Waals surface area contributed by atoms with Gasteiger partial charge in [-0.15, -0.1) is 10.2 Å². The molecule has 0 aliphatic carbocycles. The molecule has 0 amide bonds. The van der Waals surface area contributed by atoms with Gasteiger partial charge in [0.1, 0.15) is 11.9 Å². The highest BCUT2D eigenvalue weighted by Gasteiger charge is 2.19. The highest BCUT2D eigenvalue weighted by Crippen LogP contribution is 2.23. The summed E-state index contributed by atoms with van der Waals surface area (Å²) < 4.78 is 1.97. The molecule has 6 heteroatoms. The molecule has 1 atom stereocenters. The van der Waals surface area contributed by atoms with Gasteiger partial charge in [-0.1, -0.05) is 0 Å². The predicted molar refractivity (Wildman–Crippen MR) is 80.7 cm³/mol. The van der Waals surface area contributed by atoms with Crippen LogP contribution < -0.4 is 5.32 Å². The molecule has 0 radical (unpaired) electrons. The summed E-state index contributed by atoms with van der Waals surface area (Å²) in [4.78, 5) is 0. The Bertz CT molecular complexity index is 657.